The smallest absolute Gasteiger partial charge is 0.113 e. The van der Waals surface area contributed by atoms with Crippen molar-refractivity contribution in [1.29, 1.82) is 0 Å². The number of fused-ring (bicyclic) bond motifs is 3. The SMILES string of the molecule is [B]c1ccc2sc3ccc([B])cc3c2c1. The van der Waals surface area contributed by atoms with Gasteiger partial charge in [0.25, 0.3) is 0 Å². The molecule has 3 heteroatoms. The van der Waals surface area contributed by atoms with Gasteiger partial charge in [0, 0.05) is 9.40 Å². The fourth-order valence-electron chi connectivity index (χ4n) is 1.81. The van der Waals surface area contributed by atoms with Gasteiger partial charge in [-0.15, -0.1) is 11.3 Å². The second kappa shape index (κ2) is 3.14. The molecular weight excluding hydrogens is 198 g/mol. The minimum atomic E-state index is 0.796. The molecule has 66 valence electrons. The Morgan fingerprint density at radius 3 is 1.67 bits per heavy atom. The van der Waals surface area contributed by atoms with Gasteiger partial charge < -0.3 is 0 Å². The molecule has 0 aliphatic rings. The summed E-state index contributed by atoms with van der Waals surface area (Å²) in [5, 5.41) is 2.39. The summed E-state index contributed by atoms with van der Waals surface area (Å²) in [7, 11) is 11.6. The van der Waals surface area contributed by atoms with Crippen molar-refractivity contribution < 1.29 is 0 Å². The number of benzene rings is 2. The summed E-state index contributed by atoms with van der Waals surface area (Å²) in [4.78, 5) is 0. The number of rotatable bonds is 0. The van der Waals surface area contributed by atoms with Gasteiger partial charge in [0.2, 0.25) is 0 Å². The van der Waals surface area contributed by atoms with Gasteiger partial charge in [-0.2, -0.15) is 0 Å². The van der Waals surface area contributed by atoms with Gasteiger partial charge in [0.1, 0.15) is 15.7 Å². The molecule has 4 radical (unpaired) electrons. The molecule has 2 aromatic carbocycles. The van der Waals surface area contributed by atoms with Crippen molar-refractivity contribution in [3.63, 3.8) is 0 Å². The second-order valence-corrected chi connectivity index (χ2v) is 4.70. The average molecular weight is 204 g/mol. The Morgan fingerprint density at radius 1 is 0.733 bits per heavy atom. The highest BCUT2D eigenvalue weighted by Crippen LogP contribution is 2.32. The monoisotopic (exact) mass is 204 g/mol. The van der Waals surface area contributed by atoms with Crippen LogP contribution in [0.15, 0.2) is 36.4 Å². The molecule has 0 saturated heterocycles. The van der Waals surface area contributed by atoms with Crippen LogP contribution in [0.5, 0.6) is 0 Å². The molecule has 0 saturated carbocycles. The maximum atomic E-state index is 5.79. The van der Waals surface area contributed by atoms with Gasteiger partial charge in [0.15, 0.2) is 0 Å². The molecule has 3 rings (SSSR count). The fourth-order valence-corrected chi connectivity index (χ4v) is 2.88. The van der Waals surface area contributed by atoms with E-state index in [0.29, 0.717) is 0 Å². The molecule has 0 amide bonds. The first kappa shape index (κ1) is 9.05. The standard InChI is InChI=1S/C12H6B2S/c13-7-1-3-11-9(5-7)10-6-8(14)2-4-12(10)15-11/h1-6H. The summed E-state index contributed by atoms with van der Waals surface area (Å²) < 4.78 is 2.51. The number of hydrogen-bond donors (Lipinski definition) is 0. The Kier molecular flexibility index (Phi) is 1.89. The lowest BCUT2D eigenvalue weighted by molar-refractivity contribution is 1.93. The average Bonchev–Trinajstić information content (AvgIpc) is 2.56. The van der Waals surface area contributed by atoms with Crippen molar-refractivity contribution in [3.05, 3.63) is 36.4 Å². The van der Waals surface area contributed by atoms with Crippen molar-refractivity contribution in [2.24, 2.45) is 0 Å². The zero-order valence-corrected chi connectivity index (χ0v) is 8.84. The molecule has 15 heavy (non-hydrogen) atoms. The predicted octanol–water partition coefficient (Wildman–Crippen LogP) is 1.64. The van der Waals surface area contributed by atoms with Crippen molar-refractivity contribution in [2.45, 2.75) is 0 Å². The first-order valence-electron chi connectivity index (χ1n) is 4.71. The zero-order valence-electron chi connectivity index (χ0n) is 8.03. The molecule has 0 spiro atoms. The van der Waals surface area contributed by atoms with E-state index in [1.54, 1.807) is 11.3 Å². The summed E-state index contributed by atoms with van der Waals surface area (Å²) >= 11 is 1.77. The van der Waals surface area contributed by atoms with Crippen LogP contribution in [0.2, 0.25) is 0 Å². The van der Waals surface area contributed by atoms with Gasteiger partial charge in [-0.05, 0) is 22.9 Å². The Balaban J connectivity index is 2.55. The van der Waals surface area contributed by atoms with Crippen LogP contribution >= 0.6 is 11.3 Å². The fraction of sp³-hybridized carbons (Fsp3) is 0. The van der Waals surface area contributed by atoms with Crippen LogP contribution in [0.25, 0.3) is 20.2 Å². The second-order valence-electron chi connectivity index (χ2n) is 3.61. The van der Waals surface area contributed by atoms with Crippen molar-refractivity contribution in [2.75, 3.05) is 0 Å². The van der Waals surface area contributed by atoms with Crippen LogP contribution in [0, 0.1) is 0 Å². The Hall–Kier alpha value is -1.21. The van der Waals surface area contributed by atoms with Gasteiger partial charge in [-0.1, -0.05) is 35.2 Å². The van der Waals surface area contributed by atoms with Crippen molar-refractivity contribution in [3.8, 4) is 0 Å². The van der Waals surface area contributed by atoms with E-state index in [1.165, 1.54) is 20.2 Å². The highest BCUT2D eigenvalue weighted by molar-refractivity contribution is 7.25. The van der Waals surface area contributed by atoms with E-state index in [9.17, 15) is 0 Å². The van der Waals surface area contributed by atoms with Crippen LogP contribution in [-0.4, -0.2) is 15.7 Å². The summed E-state index contributed by atoms with van der Waals surface area (Å²) in [5.41, 5.74) is 1.59. The third kappa shape index (κ3) is 1.38. The zero-order chi connectivity index (χ0) is 10.4. The summed E-state index contributed by atoms with van der Waals surface area (Å²) in [6.45, 7) is 0. The van der Waals surface area contributed by atoms with E-state index in [2.05, 4.69) is 12.1 Å². The quantitative estimate of drug-likeness (QED) is 0.488. The number of thiophene rings is 1. The van der Waals surface area contributed by atoms with Crippen LogP contribution in [0.1, 0.15) is 0 Å². The van der Waals surface area contributed by atoms with Crippen LogP contribution in [0.3, 0.4) is 0 Å². The first-order valence-corrected chi connectivity index (χ1v) is 5.53. The summed E-state index contributed by atoms with van der Waals surface area (Å²) in [6, 6.07) is 12.0. The maximum Gasteiger partial charge on any atom is 0.113 e. The lowest BCUT2D eigenvalue weighted by Crippen LogP contribution is -2.00. The summed E-state index contributed by atoms with van der Waals surface area (Å²) in [5.74, 6) is 0. The van der Waals surface area contributed by atoms with Crippen LogP contribution < -0.4 is 10.9 Å². The molecule has 0 nitrogen and oxygen atoms in total. The first-order chi connectivity index (χ1) is 7.24. The molecule has 3 aromatic rings. The minimum Gasteiger partial charge on any atom is -0.135 e. The summed E-state index contributed by atoms with van der Waals surface area (Å²) in [6.07, 6.45) is 0. The third-order valence-corrected chi connectivity index (χ3v) is 3.67. The van der Waals surface area contributed by atoms with E-state index in [0.717, 1.165) is 10.9 Å². The lowest BCUT2D eigenvalue weighted by atomic mass is 9.92. The molecule has 0 aliphatic heterocycles. The maximum absolute atomic E-state index is 5.79. The molecule has 0 atom stereocenters. The van der Waals surface area contributed by atoms with Gasteiger partial charge in [0.05, 0.1) is 0 Å². The van der Waals surface area contributed by atoms with Gasteiger partial charge in [-0.25, -0.2) is 0 Å². The highest BCUT2D eigenvalue weighted by atomic mass is 32.1. The Labute approximate surface area is 94.7 Å². The molecule has 1 aromatic heterocycles. The van der Waals surface area contributed by atoms with E-state index in [-0.39, 0.29) is 0 Å². The van der Waals surface area contributed by atoms with E-state index in [4.69, 9.17) is 15.7 Å². The molecule has 0 fully saturated rings. The van der Waals surface area contributed by atoms with Gasteiger partial charge in [-0.3, -0.25) is 0 Å². The largest absolute Gasteiger partial charge is 0.135 e. The molecular formula is C12H6B2S. The molecule has 0 N–H and O–H groups in total. The Morgan fingerprint density at radius 2 is 1.20 bits per heavy atom. The van der Waals surface area contributed by atoms with Crippen molar-refractivity contribution >= 4 is 58.1 Å². The normalized spacial score (nSPS) is 11.2. The van der Waals surface area contributed by atoms with E-state index in [1.807, 2.05) is 24.3 Å². The minimum absolute atomic E-state index is 0.796. The molecule has 1 heterocycles. The van der Waals surface area contributed by atoms with E-state index >= 15 is 0 Å². The molecule has 0 unspecified atom stereocenters. The topological polar surface area (TPSA) is 0 Å². The lowest BCUT2D eigenvalue weighted by Gasteiger charge is -1.95. The molecule has 0 aliphatic carbocycles. The van der Waals surface area contributed by atoms with Crippen LogP contribution in [0.4, 0.5) is 0 Å². The molecule has 0 bridgehead atoms. The highest BCUT2D eigenvalue weighted by Gasteiger charge is 2.04. The van der Waals surface area contributed by atoms with Crippen molar-refractivity contribution in [1.82, 2.24) is 0 Å². The van der Waals surface area contributed by atoms with Crippen LogP contribution in [-0.2, 0) is 0 Å². The Bertz CT molecular complexity index is 599. The predicted molar refractivity (Wildman–Crippen MR) is 70.1 cm³/mol. The number of hydrogen-bond acceptors (Lipinski definition) is 1. The third-order valence-electron chi connectivity index (χ3n) is 2.52. The van der Waals surface area contributed by atoms with E-state index < -0.39 is 0 Å². The van der Waals surface area contributed by atoms with Gasteiger partial charge >= 0.3 is 0 Å².